The van der Waals surface area contributed by atoms with E-state index in [2.05, 4.69) is 9.98 Å². The van der Waals surface area contributed by atoms with Crippen molar-refractivity contribution in [2.45, 2.75) is 6.54 Å². The van der Waals surface area contributed by atoms with Crippen LogP contribution < -0.4 is 0 Å². The Kier molecular flexibility index (Phi) is 2.94. The molecule has 1 aromatic carbocycles. The number of aromatic nitrogens is 2. The molecule has 1 aromatic heterocycles. The fourth-order valence-electron chi connectivity index (χ4n) is 1.62. The third-order valence-corrected chi connectivity index (χ3v) is 2.39. The molecule has 1 heterocycles. The normalized spacial score (nSPS) is 9.81. The Morgan fingerprint density at radius 2 is 2.25 bits per heavy atom. The van der Waals surface area contributed by atoms with Crippen molar-refractivity contribution >= 4 is 6.08 Å². The van der Waals surface area contributed by atoms with E-state index >= 15 is 0 Å². The van der Waals surface area contributed by atoms with Crippen LogP contribution in [0.5, 0.6) is 0 Å². The van der Waals surface area contributed by atoms with E-state index in [4.69, 9.17) is 0 Å². The predicted molar refractivity (Wildman–Crippen MR) is 60.5 cm³/mol. The molecule has 4 nitrogen and oxygen atoms in total. The molecule has 4 heteroatoms. The lowest BCUT2D eigenvalue weighted by Gasteiger charge is -2.06. The molecular weight excluding hydrogens is 202 g/mol. The number of benzene rings is 1. The summed E-state index contributed by atoms with van der Waals surface area (Å²) in [5.41, 5.74) is 1.97. The van der Waals surface area contributed by atoms with Crippen molar-refractivity contribution < 1.29 is 4.79 Å². The first-order valence-electron chi connectivity index (χ1n) is 4.92. The highest BCUT2D eigenvalue weighted by Gasteiger charge is 2.07. The molecule has 0 unspecified atom stereocenters. The maximum atomic E-state index is 10.1. The van der Waals surface area contributed by atoms with Crippen LogP contribution >= 0.6 is 0 Å². The van der Waals surface area contributed by atoms with Crippen LogP contribution in [0.3, 0.4) is 0 Å². The first-order chi connectivity index (χ1) is 7.83. The number of nitrogens with zero attached hydrogens (tertiary/aromatic N) is 3. The minimum absolute atomic E-state index is 0.340. The van der Waals surface area contributed by atoms with Gasteiger partial charge >= 0.3 is 0 Å². The van der Waals surface area contributed by atoms with E-state index in [1.807, 2.05) is 42.1 Å². The molecule has 0 aliphatic carbocycles. The monoisotopic (exact) mass is 213 g/mol. The van der Waals surface area contributed by atoms with Gasteiger partial charge in [-0.05, 0) is 5.56 Å². The number of aliphatic imine (C=N–C) groups is 1. The topological polar surface area (TPSA) is 47.2 Å². The van der Waals surface area contributed by atoms with Gasteiger partial charge in [-0.25, -0.2) is 14.8 Å². The minimum Gasteiger partial charge on any atom is -0.334 e. The first-order valence-corrected chi connectivity index (χ1v) is 4.92. The zero-order valence-electron chi connectivity index (χ0n) is 8.92. The van der Waals surface area contributed by atoms with Gasteiger partial charge in [-0.3, -0.25) is 0 Å². The Morgan fingerprint density at radius 3 is 2.94 bits per heavy atom. The fraction of sp³-hybridized carbons (Fsp3) is 0.167. The van der Waals surface area contributed by atoms with Crippen molar-refractivity contribution in [3.05, 3.63) is 42.2 Å². The second-order valence-electron chi connectivity index (χ2n) is 3.43. The van der Waals surface area contributed by atoms with Crippen LogP contribution in [-0.2, 0) is 18.4 Å². The van der Waals surface area contributed by atoms with Crippen LogP contribution in [0.15, 0.2) is 41.7 Å². The number of hydrogen-bond donors (Lipinski definition) is 0. The van der Waals surface area contributed by atoms with Gasteiger partial charge in [-0.2, -0.15) is 0 Å². The molecule has 16 heavy (non-hydrogen) atoms. The lowest BCUT2D eigenvalue weighted by Crippen LogP contribution is -1.95. The number of rotatable bonds is 3. The molecule has 2 aromatic rings. The third-order valence-electron chi connectivity index (χ3n) is 2.39. The number of isocyanates is 1. The summed E-state index contributed by atoms with van der Waals surface area (Å²) in [7, 11) is 1.93. The molecule has 0 atom stereocenters. The van der Waals surface area contributed by atoms with E-state index in [1.165, 1.54) is 0 Å². The van der Waals surface area contributed by atoms with Gasteiger partial charge in [0, 0.05) is 25.0 Å². The smallest absolute Gasteiger partial charge is 0.235 e. The van der Waals surface area contributed by atoms with Crippen molar-refractivity contribution in [2.24, 2.45) is 12.0 Å². The van der Waals surface area contributed by atoms with Crippen LogP contribution in [0, 0.1) is 0 Å². The van der Waals surface area contributed by atoms with Crippen molar-refractivity contribution in [3.63, 3.8) is 0 Å². The summed E-state index contributed by atoms with van der Waals surface area (Å²) in [5, 5.41) is 0. The molecule has 0 aliphatic heterocycles. The summed E-state index contributed by atoms with van der Waals surface area (Å²) in [5.74, 6) is 0.872. The quantitative estimate of drug-likeness (QED) is 0.577. The summed E-state index contributed by atoms with van der Waals surface area (Å²) in [6.07, 6.45) is 5.18. The molecule has 2 rings (SSSR count). The van der Waals surface area contributed by atoms with Gasteiger partial charge in [0.15, 0.2) is 0 Å². The first kappa shape index (κ1) is 10.3. The van der Waals surface area contributed by atoms with E-state index in [9.17, 15) is 4.79 Å². The third kappa shape index (κ3) is 1.92. The second-order valence-corrected chi connectivity index (χ2v) is 3.43. The van der Waals surface area contributed by atoms with Crippen molar-refractivity contribution in [3.8, 4) is 11.4 Å². The van der Waals surface area contributed by atoms with E-state index in [0.717, 1.165) is 17.0 Å². The highest BCUT2D eigenvalue weighted by molar-refractivity contribution is 5.60. The van der Waals surface area contributed by atoms with E-state index in [0.29, 0.717) is 6.54 Å². The SMILES string of the molecule is Cn1ccnc1-c1ccccc1CN=C=O. The number of aryl methyl sites for hydroxylation is 1. The van der Waals surface area contributed by atoms with Crippen LogP contribution in [0.25, 0.3) is 11.4 Å². The zero-order chi connectivity index (χ0) is 11.4. The lowest BCUT2D eigenvalue weighted by atomic mass is 10.1. The van der Waals surface area contributed by atoms with Crippen LogP contribution in [-0.4, -0.2) is 15.6 Å². The minimum atomic E-state index is 0.340. The molecule has 0 fully saturated rings. The second kappa shape index (κ2) is 4.55. The zero-order valence-corrected chi connectivity index (χ0v) is 8.92. The Labute approximate surface area is 93.3 Å². The molecule has 0 N–H and O–H groups in total. The maximum Gasteiger partial charge on any atom is 0.235 e. The maximum absolute atomic E-state index is 10.1. The van der Waals surface area contributed by atoms with Crippen LogP contribution in [0.4, 0.5) is 0 Å². The van der Waals surface area contributed by atoms with Crippen molar-refractivity contribution in [1.29, 1.82) is 0 Å². The van der Waals surface area contributed by atoms with Gasteiger partial charge in [0.1, 0.15) is 5.82 Å². The summed E-state index contributed by atoms with van der Waals surface area (Å²) in [4.78, 5) is 18.0. The van der Waals surface area contributed by atoms with Gasteiger partial charge < -0.3 is 4.57 Å². The van der Waals surface area contributed by atoms with Crippen molar-refractivity contribution in [1.82, 2.24) is 9.55 Å². The van der Waals surface area contributed by atoms with Gasteiger partial charge in [0.05, 0.1) is 6.54 Å². The van der Waals surface area contributed by atoms with Crippen LogP contribution in [0.2, 0.25) is 0 Å². The molecule has 0 aliphatic rings. The Hall–Kier alpha value is -2.19. The van der Waals surface area contributed by atoms with Gasteiger partial charge in [-0.1, -0.05) is 24.3 Å². The lowest BCUT2D eigenvalue weighted by molar-refractivity contribution is 0.563. The molecule has 0 saturated carbocycles. The summed E-state index contributed by atoms with van der Waals surface area (Å²) in [6, 6.07) is 7.77. The molecule has 0 bridgehead atoms. The van der Waals surface area contributed by atoms with E-state index < -0.39 is 0 Å². The average molecular weight is 213 g/mol. The molecule has 0 amide bonds. The predicted octanol–water partition coefficient (Wildman–Crippen LogP) is 1.92. The summed E-state index contributed by atoms with van der Waals surface area (Å²) < 4.78 is 1.93. The highest BCUT2D eigenvalue weighted by Crippen LogP contribution is 2.21. The molecular formula is C12H11N3O. The number of carbonyl (C=O) groups excluding carboxylic acids is 1. The van der Waals surface area contributed by atoms with Crippen LogP contribution in [0.1, 0.15) is 5.56 Å². The van der Waals surface area contributed by atoms with Gasteiger partial charge in [0.2, 0.25) is 6.08 Å². The Bertz CT molecular complexity index is 539. The van der Waals surface area contributed by atoms with E-state index in [1.54, 1.807) is 12.3 Å². The summed E-state index contributed by atoms with van der Waals surface area (Å²) >= 11 is 0. The molecule has 0 saturated heterocycles. The fourth-order valence-corrected chi connectivity index (χ4v) is 1.62. The van der Waals surface area contributed by atoms with Crippen molar-refractivity contribution in [2.75, 3.05) is 0 Å². The number of hydrogen-bond acceptors (Lipinski definition) is 3. The highest BCUT2D eigenvalue weighted by atomic mass is 16.1. The summed E-state index contributed by atoms with van der Waals surface area (Å²) in [6.45, 7) is 0.340. The standard InChI is InChI=1S/C12H11N3O/c1-15-7-6-14-12(15)11-5-3-2-4-10(11)8-13-9-16/h2-7H,8H2,1H3. The van der Waals surface area contributed by atoms with E-state index in [-0.39, 0.29) is 0 Å². The van der Waals surface area contributed by atoms with Gasteiger partial charge in [-0.15, -0.1) is 0 Å². The van der Waals surface area contributed by atoms with Gasteiger partial charge in [0.25, 0.3) is 0 Å². The number of imidazole rings is 1. The Balaban J connectivity index is 2.48. The molecule has 0 radical (unpaired) electrons. The Morgan fingerprint density at radius 1 is 1.44 bits per heavy atom. The molecule has 80 valence electrons. The molecule has 0 spiro atoms. The average Bonchev–Trinajstić information content (AvgIpc) is 2.73. The largest absolute Gasteiger partial charge is 0.334 e.